The molecule has 0 spiro atoms. The van der Waals surface area contributed by atoms with Gasteiger partial charge in [0.05, 0.1) is 18.9 Å². The summed E-state index contributed by atoms with van der Waals surface area (Å²) in [6.07, 6.45) is 0.843. The molecule has 1 aromatic carbocycles. The second-order valence-corrected chi connectivity index (χ2v) is 5.54. The van der Waals surface area contributed by atoms with Crippen molar-refractivity contribution in [1.29, 1.82) is 0 Å². The van der Waals surface area contributed by atoms with E-state index in [1.807, 2.05) is 31.2 Å². The quantitative estimate of drug-likeness (QED) is 0.665. The van der Waals surface area contributed by atoms with E-state index in [1.165, 1.54) is 4.88 Å². The Kier molecular flexibility index (Phi) is 4.33. The predicted molar refractivity (Wildman–Crippen MR) is 75.8 cm³/mol. The van der Waals surface area contributed by atoms with Crippen molar-refractivity contribution >= 4 is 17.0 Å². The fourth-order valence-electron chi connectivity index (χ4n) is 1.70. The maximum atomic E-state index is 5.87. The monoisotopic (exact) mass is 262 g/mol. The maximum absolute atomic E-state index is 5.87. The third kappa shape index (κ3) is 3.31. The fourth-order valence-corrected chi connectivity index (χ4v) is 2.58. The van der Waals surface area contributed by atoms with E-state index in [9.17, 15) is 0 Å². The van der Waals surface area contributed by atoms with E-state index in [0.717, 1.165) is 28.4 Å². The van der Waals surface area contributed by atoms with Gasteiger partial charge in [-0.15, -0.1) is 11.3 Å². The van der Waals surface area contributed by atoms with E-state index in [0.29, 0.717) is 13.2 Å². The lowest BCUT2D eigenvalue weighted by Crippen LogP contribution is -2.01. The summed E-state index contributed by atoms with van der Waals surface area (Å²) in [5.41, 5.74) is 8.95. The van der Waals surface area contributed by atoms with Crippen molar-refractivity contribution in [2.24, 2.45) is 0 Å². The molecule has 0 saturated carbocycles. The van der Waals surface area contributed by atoms with E-state index < -0.39 is 0 Å². The molecule has 2 aromatic rings. The van der Waals surface area contributed by atoms with Crippen molar-refractivity contribution in [1.82, 2.24) is 4.98 Å². The lowest BCUT2D eigenvalue weighted by molar-refractivity contribution is 0.123. The number of aromatic nitrogens is 1. The first-order chi connectivity index (χ1) is 8.66. The minimum atomic E-state index is 0.589. The van der Waals surface area contributed by atoms with Gasteiger partial charge in [0.1, 0.15) is 5.01 Å². The van der Waals surface area contributed by atoms with Gasteiger partial charge in [-0.1, -0.05) is 18.2 Å². The molecule has 0 unspecified atom stereocenters. The molecule has 0 saturated heterocycles. The molecule has 4 heteroatoms. The lowest BCUT2D eigenvalue weighted by Gasteiger charge is -2.05. The van der Waals surface area contributed by atoms with Crippen molar-refractivity contribution in [3.05, 3.63) is 45.4 Å². The number of anilines is 1. The highest BCUT2D eigenvalue weighted by atomic mass is 32.1. The van der Waals surface area contributed by atoms with Crippen LogP contribution < -0.4 is 5.73 Å². The van der Waals surface area contributed by atoms with Crippen LogP contribution in [0.3, 0.4) is 0 Å². The van der Waals surface area contributed by atoms with E-state index in [1.54, 1.807) is 11.3 Å². The van der Waals surface area contributed by atoms with E-state index in [-0.39, 0.29) is 0 Å². The number of hydrogen-bond acceptors (Lipinski definition) is 4. The van der Waals surface area contributed by atoms with Crippen molar-refractivity contribution in [2.45, 2.75) is 26.9 Å². The zero-order valence-electron chi connectivity index (χ0n) is 10.8. The molecule has 0 aliphatic carbocycles. The van der Waals surface area contributed by atoms with Gasteiger partial charge in [0.15, 0.2) is 0 Å². The van der Waals surface area contributed by atoms with Gasteiger partial charge >= 0.3 is 0 Å². The average Bonchev–Trinajstić information content (AvgIpc) is 2.66. The Morgan fingerprint density at radius 3 is 2.72 bits per heavy atom. The number of nitrogen functional groups attached to an aromatic ring is 1. The summed E-state index contributed by atoms with van der Waals surface area (Å²) in [5, 5.41) is 1.05. The van der Waals surface area contributed by atoms with Gasteiger partial charge in [-0.05, 0) is 31.9 Å². The Labute approximate surface area is 112 Å². The number of nitrogens with two attached hydrogens (primary N) is 1. The topological polar surface area (TPSA) is 48.1 Å². The number of thiazole rings is 1. The third-order valence-electron chi connectivity index (χ3n) is 2.87. The first kappa shape index (κ1) is 13.1. The summed E-state index contributed by atoms with van der Waals surface area (Å²) in [5.74, 6) is 0. The van der Waals surface area contributed by atoms with Crippen molar-refractivity contribution in [2.75, 3.05) is 12.3 Å². The number of benzene rings is 1. The van der Waals surface area contributed by atoms with Crippen molar-refractivity contribution < 1.29 is 4.74 Å². The molecule has 96 valence electrons. The lowest BCUT2D eigenvalue weighted by atomic mass is 10.1. The second-order valence-electron chi connectivity index (χ2n) is 4.25. The van der Waals surface area contributed by atoms with Gasteiger partial charge in [0, 0.05) is 10.6 Å². The molecule has 2 N–H and O–H groups in total. The molecule has 3 nitrogen and oxygen atoms in total. The highest BCUT2D eigenvalue weighted by Crippen LogP contribution is 2.17. The van der Waals surface area contributed by atoms with Crippen LogP contribution >= 0.6 is 11.3 Å². The highest BCUT2D eigenvalue weighted by Gasteiger charge is 2.03. The van der Waals surface area contributed by atoms with Crippen LogP contribution in [0.4, 0.5) is 5.69 Å². The van der Waals surface area contributed by atoms with E-state index >= 15 is 0 Å². The Morgan fingerprint density at radius 1 is 1.28 bits per heavy atom. The van der Waals surface area contributed by atoms with Crippen LogP contribution in [0.1, 0.15) is 21.1 Å². The number of aryl methyl sites for hydroxylation is 2. The molecular formula is C14H18N2OS. The normalized spacial score (nSPS) is 10.8. The SMILES string of the molecule is Cc1nc(COCCc2ccccc2N)sc1C. The first-order valence-corrected chi connectivity index (χ1v) is 6.82. The van der Waals surface area contributed by atoms with Crippen LogP contribution in [0.2, 0.25) is 0 Å². The summed E-state index contributed by atoms with van der Waals surface area (Å²) >= 11 is 1.70. The zero-order valence-corrected chi connectivity index (χ0v) is 11.6. The standard InChI is InChI=1S/C14H18N2OS/c1-10-11(2)18-14(16-10)9-17-8-7-12-5-3-4-6-13(12)15/h3-6H,7-9,15H2,1-2H3. The van der Waals surface area contributed by atoms with Crippen LogP contribution in [-0.4, -0.2) is 11.6 Å². The number of ether oxygens (including phenoxy) is 1. The summed E-state index contributed by atoms with van der Waals surface area (Å²) in [6, 6.07) is 7.90. The Bertz CT molecular complexity index is 503. The van der Waals surface area contributed by atoms with Gasteiger partial charge in [-0.3, -0.25) is 0 Å². The van der Waals surface area contributed by atoms with Gasteiger partial charge in [-0.2, -0.15) is 0 Å². The maximum Gasteiger partial charge on any atom is 0.119 e. The summed E-state index contributed by atoms with van der Waals surface area (Å²) in [7, 11) is 0. The Balaban J connectivity index is 1.78. The Morgan fingerprint density at radius 2 is 2.06 bits per heavy atom. The summed E-state index contributed by atoms with van der Waals surface area (Å²) in [4.78, 5) is 5.71. The molecule has 1 heterocycles. The average molecular weight is 262 g/mol. The third-order valence-corrected chi connectivity index (χ3v) is 3.92. The molecule has 1 aromatic heterocycles. The Hall–Kier alpha value is -1.39. The predicted octanol–water partition coefficient (Wildman–Crippen LogP) is 3.10. The molecule has 0 bridgehead atoms. The van der Waals surface area contributed by atoms with E-state index in [2.05, 4.69) is 11.9 Å². The van der Waals surface area contributed by atoms with Crippen LogP contribution in [-0.2, 0) is 17.8 Å². The van der Waals surface area contributed by atoms with Crippen molar-refractivity contribution in [3.8, 4) is 0 Å². The van der Waals surface area contributed by atoms with Gasteiger partial charge in [0.2, 0.25) is 0 Å². The number of hydrogen-bond donors (Lipinski definition) is 1. The van der Waals surface area contributed by atoms with Gasteiger partial charge < -0.3 is 10.5 Å². The fraction of sp³-hybridized carbons (Fsp3) is 0.357. The van der Waals surface area contributed by atoms with Crippen molar-refractivity contribution in [3.63, 3.8) is 0 Å². The second kappa shape index (κ2) is 5.98. The van der Waals surface area contributed by atoms with Crippen LogP contribution in [0, 0.1) is 13.8 Å². The molecule has 0 aliphatic heterocycles. The highest BCUT2D eigenvalue weighted by molar-refractivity contribution is 7.11. The summed E-state index contributed by atoms with van der Waals surface area (Å²) < 4.78 is 5.64. The van der Waals surface area contributed by atoms with Crippen LogP contribution in [0.25, 0.3) is 0 Å². The zero-order chi connectivity index (χ0) is 13.0. The van der Waals surface area contributed by atoms with E-state index in [4.69, 9.17) is 10.5 Å². The minimum Gasteiger partial charge on any atom is -0.399 e. The van der Waals surface area contributed by atoms with Gasteiger partial charge in [-0.25, -0.2) is 4.98 Å². The molecule has 0 amide bonds. The molecule has 18 heavy (non-hydrogen) atoms. The largest absolute Gasteiger partial charge is 0.399 e. The smallest absolute Gasteiger partial charge is 0.119 e. The molecule has 0 fully saturated rings. The van der Waals surface area contributed by atoms with Crippen LogP contribution in [0.15, 0.2) is 24.3 Å². The molecule has 2 rings (SSSR count). The number of nitrogens with zero attached hydrogens (tertiary/aromatic N) is 1. The number of para-hydroxylation sites is 1. The summed E-state index contributed by atoms with van der Waals surface area (Å²) in [6.45, 7) is 5.37. The number of rotatable bonds is 5. The van der Waals surface area contributed by atoms with Crippen LogP contribution in [0.5, 0.6) is 0 Å². The molecule has 0 atom stereocenters. The molecular weight excluding hydrogens is 244 g/mol. The minimum absolute atomic E-state index is 0.589. The molecule has 0 radical (unpaired) electrons. The molecule has 0 aliphatic rings. The first-order valence-electron chi connectivity index (χ1n) is 6.01. The van der Waals surface area contributed by atoms with Gasteiger partial charge in [0.25, 0.3) is 0 Å².